The third-order valence-electron chi connectivity index (χ3n) is 3.95. The number of carboxylic acid groups (broad SMARTS) is 1. The van der Waals surface area contributed by atoms with Crippen LogP contribution in [-0.2, 0) is 9.53 Å². The van der Waals surface area contributed by atoms with Crippen molar-refractivity contribution in [1.29, 1.82) is 0 Å². The summed E-state index contributed by atoms with van der Waals surface area (Å²) in [6.07, 6.45) is 1.34. The highest BCUT2D eigenvalue weighted by atomic mass is 16.5. The van der Waals surface area contributed by atoms with E-state index in [0.29, 0.717) is 26.1 Å². The Morgan fingerprint density at radius 2 is 2.14 bits per heavy atom. The molecule has 1 aliphatic rings. The Hall–Kier alpha value is -1.34. The lowest BCUT2D eigenvalue weighted by Crippen LogP contribution is -2.52. The van der Waals surface area contributed by atoms with Gasteiger partial charge in [-0.1, -0.05) is 0 Å². The van der Waals surface area contributed by atoms with Gasteiger partial charge in [-0.2, -0.15) is 0 Å². The number of likely N-dealkylation sites (tertiary alicyclic amines) is 1. The molecule has 0 aliphatic carbocycles. The molecule has 0 bridgehead atoms. The number of rotatable bonds is 7. The predicted molar refractivity (Wildman–Crippen MR) is 79.3 cm³/mol. The number of carboxylic acids is 1. The fourth-order valence-electron chi connectivity index (χ4n) is 2.41. The maximum atomic E-state index is 12.1. The zero-order valence-electron chi connectivity index (χ0n) is 13.2. The van der Waals surface area contributed by atoms with Gasteiger partial charge in [0.1, 0.15) is 0 Å². The summed E-state index contributed by atoms with van der Waals surface area (Å²) in [7, 11) is 3.62. The van der Waals surface area contributed by atoms with Crippen LogP contribution in [-0.4, -0.2) is 80.4 Å². The minimum Gasteiger partial charge on any atom is -0.481 e. The highest BCUT2D eigenvalue weighted by molar-refractivity contribution is 5.78. The SMILES string of the molecule is COCCN(C)CCNC(=O)N1CCCC(C)(C(=O)O)C1. The van der Waals surface area contributed by atoms with Crippen molar-refractivity contribution in [3.05, 3.63) is 0 Å². The first-order chi connectivity index (χ1) is 9.89. The highest BCUT2D eigenvalue weighted by Crippen LogP contribution is 2.29. The van der Waals surface area contributed by atoms with Crippen LogP contribution in [0.4, 0.5) is 4.79 Å². The van der Waals surface area contributed by atoms with Crippen LogP contribution < -0.4 is 5.32 Å². The fraction of sp³-hybridized carbons (Fsp3) is 0.857. The van der Waals surface area contributed by atoms with Gasteiger partial charge in [0.15, 0.2) is 0 Å². The topological polar surface area (TPSA) is 82.1 Å². The summed E-state index contributed by atoms with van der Waals surface area (Å²) in [4.78, 5) is 27.0. The van der Waals surface area contributed by atoms with Gasteiger partial charge in [0, 0.05) is 39.8 Å². The molecule has 1 rings (SSSR count). The largest absolute Gasteiger partial charge is 0.481 e. The lowest BCUT2D eigenvalue weighted by atomic mass is 9.82. The number of methoxy groups -OCH3 is 1. The van der Waals surface area contributed by atoms with Gasteiger partial charge in [-0.3, -0.25) is 4.79 Å². The van der Waals surface area contributed by atoms with E-state index in [0.717, 1.165) is 19.5 Å². The number of carbonyl (C=O) groups excluding carboxylic acids is 1. The molecule has 0 aromatic rings. The molecule has 0 spiro atoms. The van der Waals surface area contributed by atoms with Gasteiger partial charge < -0.3 is 25.0 Å². The van der Waals surface area contributed by atoms with Crippen molar-refractivity contribution in [2.45, 2.75) is 19.8 Å². The molecular weight excluding hydrogens is 274 g/mol. The number of hydrogen-bond donors (Lipinski definition) is 2. The van der Waals surface area contributed by atoms with Gasteiger partial charge in [0.05, 0.1) is 12.0 Å². The smallest absolute Gasteiger partial charge is 0.317 e. The van der Waals surface area contributed by atoms with Crippen LogP contribution in [0.25, 0.3) is 0 Å². The normalized spacial score (nSPS) is 22.4. The minimum atomic E-state index is -0.834. The first-order valence-corrected chi connectivity index (χ1v) is 7.33. The maximum Gasteiger partial charge on any atom is 0.317 e. The van der Waals surface area contributed by atoms with Gasteiger partial charge in [0.2, 0.25) is 0 Å². The molecule has 2 N–H and O–H groups in total. The average Bonchev–Trinajstić information content (AvgIpc) is 2.44. The van der Waals surface area contributed by atoms with E-state index in [1.807, 2.05) is 7.05 Å². The number of nitrogens with one attached hydrogen (secondary N) is 1. The van der Waals surface area contributed by atoms with Crippen molar-refractivity contribution in [2.24, 2.45) is 5.41 Å². The Morgan fingerprint density at radius 1 is 1.43 bits per heavy atom. The summed E-state index contributed by atoms with van der Waals surface area (Å²) >= 11 is 0. The third kappa shape index (κ3) is 5.51. The van der Waals surface area contributed by atoms with Crippen LogP contribution in [0.1, 0.15) is 19.8 Å². The van der Waals surface area contributed by atoms with Crippen molar-refractivity contribution >= 4 is 12.0 Å². The number of hydrogen-bond acceptors (Lipinski definition) is 4. The first kappa shape index (κ1) is 17.7. The number of piperidine rings is 1. The van der Waals surface area contributed by atoms with E-state index in [9.17, 15) is 14.7 Å². The molecule has 0 radical (unpaired) electrons. The van der Waals surface area contributed by atoms with Gasteiger partial charge in [-0.15, -0.1) is 0 Å². The summed E-state index contributed by atoms with van der Waals surface area (Å²) in [6, 6.07) is -0.178. The van der Waals surface area contributed by atoms with Gasteiger partial charge in [0.25, 0.3) is 0 Å². The second-order valence-electron chi connectivity index (χ2n) is 5.92. The first-order valence-electron chi connectivity index (χ1n) is 7.33. The second-order valence-corrected chi connectivity index (χ2v) is 5.92. The summed E-state index contributed by atoms with van der Waals surface area (Å²) in [6.45, 7) is 5.34. The van der Waals surface area contributed by atoms with E-state index in [4.69, 9.17) is 4.74 Å². The summed E-state index contributed by atoms with van der Waals surface area (Å²) in [5, 5.41) is 12.1. The van der Waals surface area contributed by atoms with Crippen molar-refractivity contribution in [3.63, 3.8) is 0 Å². The average molecular weight is 301 g/mol. The lowest BCUT2D eigenvalue weighted by molar-refractivity contribution is -0.150. The van der Waals surface area contributed by atoms with Crippen LogP contribution in [0.15, 0.2) is 0 Å². The number of nitrogens with zero attached hydrogens (tertiary/aromatic N) is 2. The molecule has 0 aromatic heterocycles. The maximum absolute atomic E-state index is 12.1. The summed E-state index contributed by atoms with van der Waals surface area (Å²) in [5.74, 6) is -0.834. The van der Waals surface area contributed by atoms with Crippen molar-refractivity contribution in [1.82, 2.24) is 15.1 Å². The Balaban J connectivity index is 2.33. The van der Waals surface area contributed by atoms with E-state index in [1.165, 1.54) is 0 Å². The molecule has 0 aromatic carbocycles. The van der Waals surface area contributed by atoms with Crippen LogP contribution >= 0.6 is 0 Å². The molecule has 122 valence electrons. The Bertz CT molecular complexity index is 364. The number of carbonyl (C=O) groups is 2. The standard InChI is InChI=1S/C14H27N3O4/c1-14(12(18)19)5-4-7-17(11-14)13(20)15-6-8-16(2)9-10-21-3/h4-11H2,1-3H3,(H,15,20)(H,18,19). The number of aliphatic carboxylic acids is 1. The molecule has 7 nitrogen and oxygen atoms in total. The molecule has 21 heavy (non-hydrogen) atoms. The Morgan fingerprint density at radius 3 is 2.76 bits per heavy atom. The van der Waals surface area contributed by atoms with E-state index in [-0.39, 0.29) is 12.6 Å². The van der Waals surface area contributed by atoms with Crippen LogP contribution in [0, 0.1) is 5.41 Å². The van der Waals surface area contributed by atoms with E-state index in [1.54, 1.807) is 18.9 Å². The monoisotopic (exact) mass is 301 g/mol. The molecule has 0 saturated carbocycles. The third-order valence-corrected chi connectivity index (χ3v) is 3.95. The van der Waals surface area contributed by atoms with E-state index < -0.39 is 11.4 Å². The minimum absolute atomic E-state index is 0.178. The van der Waals surface area contributed by atoms with Crippen LogP contribution in [0.3, 0.4) is 0 Å². The quantitative estimate of drug-likeness (QED) is 0.714. The zero-order chi connectivity index (χ0) is 15.9. The molecule has 7 heteroatoms. The number of urea groups is 1. The van der Waals surface area contributed by atoms with Crippen LogP contribution in [0.5, 0.6) is 0 Å². The summed E-state index contributed by atoms with van der Waals surface area (Å²) < 4.78 is 4.99. The van der Waals surface area contributed by atoms with Gasteiger partial charge in [-0.05, 0) is 26.8 Å². The van der Waals surface area contributed by atoms with Gasteiger partial charge in [-0.25, -0.2) is 4.79 Å². The zero-order valence-corrected chi connectivity index (χ0v) is 13.2. The predicted octanol–water partition coefficient (Wildman–Crippen LogP) is 0.461. The molecule has 1 atom stereocenters. The second kappa shape index (κ2) is 8.19. The number of amides is 2. The lowest BCUT2D eigenvalue weighted by Gasteiger charge is -2.37. The molecule has 1 saturated heterocycles. The molecule has 1 unspecified atom stereocenters. The number of ether oxygens (including phenoxy) is 1. The molecule has 1 heterocycles. The van der Waals surface area contributed by atoms with Crippen molar-refractivity contribution < 1.29 is 19.4 Å². The van der Waals surface area contributed by atoms with E-state index in [2.05, 4.69) is 10.2 Å². The molecule has 1 fully saturated rings. The summed E-state index contributed by atoms with van der Waals surface area (Å²) in [5.41, 5.74) is -0.829. The van der Waals surface area contributed by atoms with Crippen molar-refractivity contribution in [2.75, 3.05) is 53.5 Å². The Kier molecular flexibility index (Phi) is 6.91. The highest BCUT2D eigenvalue weighted by Gasteiger charge is 2.39. The van der Waals surface area contributed by atoms with E-state index >= 15 is 0 Å². The fourth-order valence-corrected chi connectivity index (χ4v) is 2.41. The molecular formula is C14H27N3O4. The molecule has 1 aliphatic heterocycles. The van der Waals surface area contributed by atoms with Crippen molar-refractivity contribution in [3.8, 4) is 0 Å². The van der Waals surface area contributed by atoms with Crippen LogP contribution in [0.2, 0.25) is 0 Å². The Labute approximate surface area is 126 Å². The molecule has 2 amide bonds. The number of likely N-dealkylation sites (N-methyl/N-ethyl adjacent to an activating group) is 1. The van der Waals surface area contributed by atoms with Gasteiger partial charge >= 0.3 is 12.0 Å².